The van der Waals surface area contributed by atoms with E-state index in [2.05, 4.69) is 0 Å². The van der Waals surface area contributed by atoms with E-state index >= 15 is 0 Å². The van der Waals surface area contributed by atoms with Crippen molar-refractivity contribution in [2.45, 2.75) is 47.1 Å². The average molecular weight is 348 g/mol. The second-order valence-corrected chi connectivity index (χ2v) is 6.87. The van der Waals surface area contributed by atoms with E-state index < -0.39 is 5.97 Å². The lowest BCUT2D eigenvalue weighted by Crippen LogP contribution is -2.17. The van der Waals surface area contributed by atoms with E-state index in [1.54, 1.807) is 10.6 Å². The van der Waals surface area contributed by atoms with Crippen molar-refractivity contribution >= 4 is 23.4 Å². The topological polar surface area (TPSA) is 59.3 Å². The smallest absolute Gasteiger partial charge is 0.309 e. The minimum absolute atomic E-state index is 0.0724. The number of rotatable bonds is 5. The fraction of sp³-hybridized carbons (Fsp3) is 0.368. The molecule has 0 radical (unpaired) electrons. The number of benzene rings is 1. The van der Waals surface area contributed by atoms with Crippen LogP contribution in [-0.2, 0) is 11.2 Å². The number of carboxylic acid groups (broad SMARTS) is 1. The predicted octanol–water partition coefficient (Wildman–Crippen LogP) is 4.51. The highest BCUT2D eigenvalue weighted by molar-refractivity contribution is 6.32. The number of nitrogens with zero attached hydrogens (tertiary/aromatic N) is 1. The van der Waals surface area contributed by atoms with Crippen molar-refractivity contribution in [3.8, 4) is 0 Å². The van der Waals surface area contributed by atoms with Gasteiger partial charge in [0.05, 0.1) is 17.1 Å². The fourth-order valence-electron chi connectivity index (χ4n) is 3.28. The van der Waals surface area contributed by atoms with Crippen LogP contribution < -0.4 is 0 Å². The number of halogens is 1. The molecule has 4 nitrogen and oxygen atoms in total. The Hall–Kier alpha value is -2.07. The first-order chi connectivity index (χ1) is 11.1. The SMILES string of the molecule is Cc1cc(C)c(C(=O)c2cc(Cl)c(CC(=O)O)n2C(C)C)c(C)c1. The summed E-state index contributed by atoms with van der Waals surface area (Å²) in [5, 5.41) is 9.44. The van der Waals surface area contributed by atoms with E-state index in [0.29, 0.717) is 22.0 Å². The molecular weight excluding hydrogens is 326 g/mol. The number of hydrogen-bond acceptors (Lipinski definition) is 2. The Kier molecular flexibility index (Phi) is 5.19. The summed E-state index contributed by atoms with van der Waals surface area (Å²) in [4.78, 5) is 24.3. The van der Waals surface area contributed by atoms with Crippen LogP contribution >= 0.6 is 11.6 Å². The molecule has 0 saturated carbocycles. The highest BCUT2D eigenvalue weighted by Crippen LogP contribution is 2.29. The molecule has 5 heteroatoms. The molecule has 0 aliphatic rings. The van der Waals surface area contributed by atoms with Crippen LogP contribution in [0.15, 0.2) is 18.2 Å². The number of carbonyl (C=O) groups excluding carboxylic acids is 1. The molecule has 0 unspecified atom stereocenters. The molecule has 0 aliphatic heterocycles. The highest BCUT2D eigenvalue weighted by atomic mass is 35.5. The lowest BCUT2D eigenvalue weighted by molar-refractivity contribution is -0.136. The van der Waals surface area contributed by atoms with Crippen LogP contribution in [0.3, 0.4) is 0 Å². The number of aliphatic carboxylic acids is 1. The Labute approximate surface area is 147 Å². The summed E-state index contributed by atoms with van der Waals surface area (Å²) in [6.45, 7) is 9.64. The summed E-state index contributed by atoms with van der Waals surface area (Å²) < 4.78 is 1.73. The zero-order valence-corrected chi connectivity index (χ0v) is 15.4. The third kappa shape index (κ3) is 3.39. The Morgan fingerprint density at radius 2 is 1.67 bits per heavy atom. The molecule has 1 heterocycles. The molecule has 128 valence electrons. The normalized spacial score (nSPS) is 11.1. The van der Waals surface area contributed by atoms with Gasteiger partial charge in [-0.25, -0.2) is 0 Å². The van der Waals surface area contributed by atoms with Gasteiger partial charge in [-0.1, -0.05) is 29.3 Å². The van der Waals surface area contributed by atoms with Crippen LogP contribution in [0.25, 0.3) is 0 Å². The standard InChI is InChI=1S/C19H22ClNO3/c1-10(2)21-15(9-17(22)23)14(20)8-16(21)19(24)18-12(4)6-11(3)7-13(18)5/h6-8,10H,9H2,1-5H3,(H,22,23). The minimum atomic E-state index is -0.974. The largest absolute Gasteiger partial charge is 0.481 e. The van der Waals surface area contributed by atoms with E-state index in [0.717, 1.165) is 16.7 Å². The lowest BCUT2D eigenvalue weighted by Gasteiger charge is -2.17. The van der Waals surface area contributed by atoms with Crippen molar-refractivity contribution in [2.75, 3.05) is 0 Å². The summed E-state index contributed by atoms with van der Waals surface area (Å²) >= 11 is 6.24. The van der Waals surface area contributed by atoms with Crippen LogP contribution in [0.1, 0.15) is 58.3 Å². The van der Waals surface area contributed by atoms with Gasteiger partial charge in [0.25, 0.3) is 0 Å². The van der Waals surface area contributed by atoms with Gasteiger partial charge in [-0.2, -0.15) is 0 Å². The Balaban J connectivity index is 2.65. The number of carbonyl (C=O) groups is 2. The van der Waals surface area contributed by atoms with Crippen LogP contribution in [-0.4, -0.2) is 21.4 Å². The van der Waals surface area contributed by atoms with Gasteiger partial charge in [-0.05, 0) is 51.8 Å². The molecule has 0 amide bonds. The molecule has 1 aromatic heterocycles. The molecule has 0 aliphatic carbocycles. The maximum Gasteiger partial charge on any atom is 0.309 e. The summed E-state index contributed by atoms with van der Waals surface area (Å²) in [6.07, 6.45) is -0.212. The molecular formula is C19H22ClNO3. The Morgan fingerprint density at radius 1 is 1.12 bits per heavy atom. The molecule has 2 rings (SSSR count). The van der Waals surface area contributed by atoms with Crippen LogP contribution in [0, 0.1) is 20.8 Å². The van der Waals surface area contributed by atoms with Crippen LogP contribution in [0.2, 0.25) is 5.02 Å². The Bertz CT molecular complexity index is 795. The second kappa shape index (κ2) is 6.81. The number of ketones is 1. The van der Waals surface area contributed by atoms with Gasteiger partial charge in [0.1, 0.15) is 0 Å². The predicted molar refractivity (Wildman–Crippen MR) is 95.3 cm³/mol. The second-order valence-electron chi connectivity index (χ2n) is 6.46. The summed E-state index contributed by atoms with van der Waals surface area (Å²) in [7, 11) is 0. The van der Waals surface area contributed by atoms with E-state index in [1.807, 2.05) is 46.8 Å². The van der Waals surface area contributed by atoms with Crippen molar-refractivity contribution < 1.29 is 14.7 Å². The number of aromatic nitrogens is 1. The summed E-state index contributed by atoms with van der Waals surface area (Å²) in [5.41, 5.74) is 4.46. The first-order valence-electron chi connectivity index (χ1n) is 7.87. The van der Waals surface area contributed by atoms with Gasteiger partial charge >= 0.3 is 5.97 Å². The zero-order chi connectivity index (χ0) is 18.2. The van der Waals surface area contributed by atoms with Crippen LogP contribution in [0.4, 0.5) is 0 Å². The van der Waals surface area contributed by atoms with E-state index in [9.17, 15) is 9.59 Å². The number of hydrogen-bond donors (Lipinski definition) is 1. The average Bonchev–Trinajstić information content (AvgIpc) is 2.74. The number of aryl methyl sites for hydroxylation is 3. The first-order valence-corrected chi connectivity index (χ1v) is 8.25. The molecule has 24 heavy (non-hydrogen) atoms. The lowest BCUT2D eigenvalue weighted by atomic mass is 9.95. The van der Waals surface area contributed by atoms with Crippen molar-refractivity contribution in [1.82, 2.24) is 4.57 Å². The van der Waals surface area contributed by atoms with Crippen molar-refractivity contribution in [3.63, 3.8) is 0 Å². The van der Waals surface area contributed by atoms with Gasteiger partial charge in [0.15, 0.2) is 0 Å². The Morgan fingerprint density at radius 3 is 2.12 bits per heavy atom. The monoisotopic (exact) mass is 347 g/mol. The maximum absolute atomic E-state index is 13.1. The molecule has 1 aromatic carbocycles. The maximum atomic E-state index is 13.1. The van der Waals surface area contributed by atoms with Crippen molar-refractivity contribution in [1.29, 1.82) is 0 Å². The fourth-order valence-corrected chi connectivity index (χ4v) is 3.54. The molecule has 0 atom stereocenters. The van der Waals surface area contributed by atoms with Crippen LogP contribution in [0.5, 0.6) is 0 Å². The third-order valence-electron chi connectivity index (χ3n) is 4.06. The molecule has 0 spiro atoms. The minimum Gasteiger partial charge on any atom is -0.481 e. The molecule has 0 bridgehead atoms. The number of carboxylic acids is 1. The highest BCUT2D eigenvalue weighted by Gasteiger charge is 2.25. The van der Waals surface area contributed by atoms with Crippen molar-refractivity contribution in [3.05, 3.63) is 56.9 Å². The molecule has 2 aromatic rings. The van der Waals surface area contributed by atoms with E-state index in [1.165, 1.54) is 0 Å². The van der Waals surface area contributed by atoms with Gasteiger partial charge in [0, 0.05) is 17.3 Å². The van der Waals surface area contributed by atoms with Gasteiger partial charge in [-0.3, -0.25) is 9.59 Å². The van der Waals surface area contributed by atoms with Gasteiger partial charge in [0.2, 0.25) is 5.78 Å². The quantitative estimate of drug-likeness (QED) is 0.810. The molecule has 0 saturated heterocycles. The first kappa shape index (κ1) is 18.3. The van der Waals surface area contributed by atoms with Gasteiger partial charge in [-0.15, -0.1) is 0 Å². The van der Waals surface area contributed by atoms with E-state index in [4.69, 9.17) is 16.7 Å². The third-order valence-corrected chi connectivity index (χ3v) is 4.39. The molecule has 0 fully saturated rings. The summed E-state index contributed by atoms with van der Waals surface area (Å²) in [5.74, 6) is -1.10. The van der Waals surface area contributed by atoms with Crippen molar-refractivity contribution in [2.24, 2.45) is 0 Å². The summed E-state index contributed by atoms with van der Waals surface area (Å²) in [6, 6.07) is 5.46. The van der Waals surface area contributed by atoms with Gasteiger partial charge < -0.3 is 9.67 Å². The zero-order valence-electron chi connectivity index (χ0n) is 14.6. The van der Waals surface area contributed by atoms with E-state index in [-0.39, 0.29) is 18.2 Å². The molecule has 1 N–H and O–H groups in total.